The van der Waals surface area contributed by atoms with Crippen LogP contribution in [-0.2, 0) is 0 Å². The maximum Gasteiger partial charge on any atom is 0.259 e. The Bertz CT molecular complexity index is 1100. The molecule has 0 spiro atoms. The molecule has 1 aromatic heterocycles. The molecule has 3 rings (SSSR count). The molecule has 0 saturated carbocycles. The number of nitrogens with one attached hydrogen (secondary N) is 1. The highest BCUT2D eigenvalue weighted by molar-refractivity contribution is 5.85. The van der Waals surface area contributed by atoms with E-state index in [1.54, 1.807) is 22.8 Å². The molecule has 0 unspecified atom stereocenters. The SMILES string of the molecule is CC(C)n1c(=O)c2ccccc2c(=N)/c(=N\N)c2ccccc21. The predicted octanol–water partition coefficient (Wildman–Crippen LogP) is 1.99. The van der Waals surface area contributed by atoms with Crippen molar-refractivity contribution >= 4 is 21.7 Å². The summed E-state index contributed by atoms with van der Waals surface area (Å²) in [6.07, 6.45) is 0. The Labute approximate surface area is 132 Å². The molecule has 3 aromatic rings. The standard InChI is InChI=1S/C18H18N4O/c1-11(2)22-15-10-6-5-9-14(15)17(21-20)16(19)12-7-3-4-8-13(12)18(22)23/h3-11,19H,20H2,1-2H3/b19-16?,21-17-. The molecule has 23 heavy (non-hydrogen) atoms. The number of nitrogens with zero attached hydrogens (tertiary/aromatic N) is 2. The van der Waals surface area contributed by atoms with Crippen LogP contribution in [0.25, 0.3) is 21.7 Å². The summed E-state index contributed by atoms with van der Waals surface area (Å²) in [7, 11) is 0. The summed E-state index contributed by atoms with van der Waals surface area (Å²) in [4.78, 5) is 13.1. The molecule has 5 nitrogen and oxygen atoms in total. The van der Waals surface area contributed by atoms with E-state index in [-0.39, 0.29) is 17.0 Å². The number of nitrogens with two attached hydrogens (primary N) is 1. The van der Waals surface area contributed by atoms with E-state index in [1.807, 2.05) is 44.2 Å². The zero-order valence-corrected chi connectivity index (χ0v) is 13.1. The van der Waals surface area contributed by atoms with Crippen LogP contribution in [-0.4, -0.2) is 4.57 Å². The van der Waals surface area contributed by atoms with Crippen LogP contribution in [0.2, 0.25) is 0 Å². The summed E-state index contributed by atoms with van der Waals surface area (Å²) in [5, 5.41) is 14.6. The lowest BCUT2D eigenvalue weighted by atomic mass is 10.1. The first-order chi connectivity index (χ1) is 11.1. The zero-order valence-electron chi connectivity index (χ0n) is 13.1. The van der Waals surface area contributed by atoms with E-state index in [2.05, 4.69) is 5.10 Å². The second-order valence-electron chi connectivity index (χ2n) is 5.68. The third kappa shape index (κ3) is 2.30. The Morgan fingerprint density at radius 2 is 1.57 bits per heavy atom. The molecule has 0 aliphatic carbocycles. The van der Waals surface area contributed by atoms with Crippen molar-refractivity contribution < 1.29 is 0 Å². The van der Waals surface area contributed by atoms with Crippen molar-refractivity contribution in [2.75, 3.05) is 0 Å². The van der Waals surface area contributed by atoms with Crippen LogP contribution in [0.4, 0.5) is 0 Å². The summed E-state index contributed by atoms with van der Waals surface area (Å²) in [6.45, 7) is 3.92. The van der Waals surface area contributed by atoms with Gasteiger partial charge >= 0.3 is 0 Å². The van der Waals surface area contributed by atoms with E-state index in [1.165, 1.54) is 0 Å². The van der Waals surface area contributed by atoms with E-state index in [0.717, 1.165) is 5.52 Å². The normalized spacial score (nSPS) is 12.2. The van der Waals surface area contributed by atoms with Gasteiger partial charge in [0.15, 0.2) is 0 Å². The first-order valence-corrected chi connectivity index (χ1v) is 7.45. The lowest BCUT2D eigenvalue weighted by Crippen LogP contribution is -2.31. The molecule has 5 heteroatoms. The lowest BCUT2D eigenvalue weighted by Gasteiger charge is -2.13. The Morgan fingerprint density at radius 3 is 2.17 bits per heavy atom. The highest BCUT2D eigenvalue weighted by atomic mass is 16.1. The van der Waals surface area contributed by atoms with E-state index >= 15 is 0 Å². The third-order valence-corrected chi connectivity index (χ3v) is 3.95. The van der Waals surface area contributed by atoms with Gasteiger partial charge in [0.2, 0.25) is 0 Å². The van der Waals surface area contributed by atoms with Gasteiger partial charge in [0, 0.05) is 22.2 Å². The smallest absolute Gasteiger partial charge is 0.259 e. The van der Waals surface area contributed by atoms with Crippen molar-refractivity contribution in [3.05, 3.63) is 69.6 Å². The fourth-order valence-electron chi connectivity index (χ4n) is 2.92. The largest absolute Gasteiger partial charge is 0.323 e. The molecule has 1 heterocycles. The molecule has 0 radical (unpaired) electrons. The number of para-hydroxylation sites is 1. The molecule has 2 aromatic carbocycles. The number of fused-ring (bicyclic) bond motifs is 2. The first-order valence-electron chi connectivity index (χ1n) is 7.45. The monoisotopic (exact) mass is 306 g/mol. The molecule has 0 fully saturated rings. The van der Waals surface area contributed by atoms with Gasteiger partial charge in [0.05, 0.1) is 10.9 Å². The zero-order chi connectivity index (χ0) is 16.6. The Hall–Kier alpha value is -2.95. The third-order valence-electron chi connectivity index (χ3n) is 3.95. The topological polar surface area (TPSA) is 84.2 Å². The van der Waals surface area contributed by atoms with Gasteiger partial charge in [-0.25, -0.2) is 0 Å². The Morgan fingerprint density at radius 1 is 1.00 bits per heavy atom. The van der Waals surface area contributed by atoms with Crippen molar-refractivity contribution in [1.29, 1.82) is 5.41 Å². The van der Waals surface area contributed by atoms with Crippen LogP contribution in [0.3, 0.4) is 0 Å². The number of aromatic nitrogens is 1. The second kappa shape index (κ2) is 5.68. The lowest BCUT2D eigenvalue weighted by molar-refractivity contribution is 0.605. The Balaban J connectivity index is 2.88. The van der Waals surface area contributed by atoms with Crippen molar-refractivity contribution in [2.45, 2.75) is 19.9 Å². The van der Waals surface area contributed by atoms with Crippen molar-refractivity contribution in [2.24, 2.45) is 10.9 Å². The van der Waals surface area contributed by atoms with Crippen molar-refractivity contribution in [3.63, 3.8) is 0 Å². The van der Waals surface area contributed by atoms with Gasteiger partial charge in [-0.05, 0) is 26.0 Å². The van der Waals surface area contributed by atoms with Gasteiger partial charge in [-0.2, -0.15) is 5.10 Å². The van der Waals surface area contributed by atoms with E-state index in [0.29, 0.717) is 21.5 Å². The molecule has 0 atom stereocenters. The molecule has 116 valence electrons. The van der Waals surface area contributed by atoms with Gasteiger partial charge in [0.25, 0.3) is 5.56 Å². The summed E-state index contributed by atoms with van der Waals surface area (Å²) in [5.74, 6) is 5.59. The quantitative estimate of drug-likeness (QED) is 0.532. The maximum absolute atomic E-state index is 13.1. The van der Waals surface area contributed by atoms with E-state index in [9.17, 15) is 4.79 Å². The highest BCUT2D eigenvalue weighted by Crippen LogP contribution is 2.13. The van der Waals surface area contributed by atoms with Crippen molar-refractivity contribution in [1.82, 2.24) is 4.57 Å². The average Bonchev–Trinajstić information content (AvgIpc) is 2.55. The molecular weight excluding hydrogens is 288 g/mol. The summed E-state index contributed by atoms with van der Waals surface area (Å²) in [6, 6.07) is 14.5. The van der Waals surface area contributed by atoms with Crippen LogP contribution in [0, 0.1) is 5.41 Å². The maximum atomic E-state index is 13.1. The van der Waals surface area contributed by atoms with Gasteiger partial charge in [-0.1, -0.05) is 36.4 Å². The number of benzene rings is 2. The summed E-state index contributed by atoms with van der Waals surface area (Å²) < 4.78 is 1.73. The fourth-order valence-corrected chi connectivity index (χ4v) is 2.92. The van der Waals surface area contributed by atoms with Crippen LogP contribution >= 0.6 is 0 Å². The average molecular weight is 306 g/mol. The fraction of sp³-hybridized carbons (Fsp3) is 0.167. The molecule has 0 aliphatic rings. The van der Waals surface area contributed by atoms with Crippen LogP contribution in [0.15, 0.2) is 58.4 Å². The molecular formula is C18H18N4O. The minimum Gasteiger partial charge on any atom is -0.323 e. The predicted molar refractivity (Wildman–Crippen MR) is 91.7 cm³/mol. The molecule has 0 bridgehead atoms. The van der Waals surface area contributed by atoms with Gasteiger partial charge in [0.1, 0.15) is 5.36 Å². The highest BCUT2D eigenvalue weighted by Gasteiger charge is 2.10. The molecule has 0 amide bonds. The number of hydrogen-bond donors (Lipinski definition) is 2. The van der Waals surface area contributed by atoms with Gasteiger partial charge < -0.3 is 10.4 Å². The molecule has 3 N–H and O–H groups in total. The first kappa shape index (κ1) is 15.0. The number of hydrogen-bond acceptors (Lipinski definition) is 4. The Kier molecular flexibility index (Phi) is 3.70. The summed E-state index contributed by atoms with van der Waals surface area (Å²) >= 11 is 0. The minimum absolute atomic E-state index is 0.0389. The van der Waals surface area contributed by atoms with Gasteiger partial charge in [-0.15, -0.1) is 0 Å². The van der Waals surface area contributed by atoms with Crippen LogP contribution in [0.1, 0.15) is 19.9 Å². The van der Waals surface area contributed by atoms with Crippen LogP contribution in [0.5, 0.6) is 0 Å². The van der Waals surface area contributed by atoms with Crippen LogP contribution < -0.4 is 22.1 Å². The number of rotatable bonds is 1. The van der Waals surface area contributed by atoms with E-state index < -0.39 is 0 Å². The van der Waals surface area contributed by atoms with E-state index in [4.69, 9.17) is 11.3 Å². The molecule has 0 saturated heterocycles. The minimum atomic E-state index is -0.121. The molecule has 0 aliphatic heterocycles. The summed E-state index contributed by atoms with van der Waals surface area (Å²) in [5.41, 5.74) is 0.597. The van der Waals surface area contributed by atoms with Gasteiger partial charge in [-0.3, -0.25) is 10.2 Å². The second-order valence-corrected chi connectivity index (χ2v) is 5.68. The van der Waals surface area contributed by atoms with Crippen molar-refractivity contribution in [3.8, 4) is 0 Å².